The van der Waals surface area contributed by atoms with Gasteiger partial charge in [0.15, 0.2) is 5.78 Å². The molecule has 1 unspecified atom stereocenters. The average molecular weight is 885 g/mol. The summed E-state index contributed by atoms with van der Waals surface area (Å²) in [7, 11) is -2.28. The molecule has 2 amide bonds. The lowest BCUT2D eigenvalue weighted by molar-refractivity contribution is -0.145. The Kier molecular flexibility index (Phi) is 13.4. The average Bonchev–Trinajstić information content (AvgIpc) is 4.14. The highest BCUT2D eigenvalue weighted by atomic mass is 32.2. The zero-order valence-electron chi connectivity index (χ0n) is 38.0. The summed E-state index contributed by atoms with van der Waals surface area (Å²) in [6, 6.07) is 10.2. The van der Waals surface area contributed by atoms with E-state index in [0.29, 0.717) is 60.7 Å². The molecule has 3 aromatic rings. The molecule has 2 aliphatic carbocycles. The zero-order valence-corrected chi connectivity index (χ0v) is 38.8. The summed E-state index contributed by atoms with van der Waals surface area (Å²) in [5, 5.41) is 0.881. The van der Waals surface area contributed by atoms with Gasteiger partial charge in [0, 0.05) is 54.8 Å². The first-order valence-electron chi connectivity index (χ1n) is 22.6. The number of nitrogens with zero attached hydrogens (tertiary/aromatic N) is 3. The van der Waals surface area contributed by atoms with Gasteiger partial charge in [-0.1, -0.05) is 46.8 Å². The summed E-state index contributed by atoms with van der Waals surface area (Å²) in [5.74, 6) is -0.836. The molecule has 7 atom stereocenters. The van der Waals surface area contributed by atoms with Crippen LogP contribution in [0.1, 0.15) is 113 Å². The molecule has 4 aliphatic rings. The molecule has 1 aromatic carbocycles. The number of rotatable bonds is 12. The van der Waals surface area contributed by atoms with E-state index in [4.69, 9.17) is 19.2 Å². The van der Waals surface area contributed by atoms with E-state index < -0.39 is 44.7 Å². The van der Waals surface area contributed by atoms with Crippen molar-refractivity contribution in [2.75, 3.05) is 13.7 Å². The number of pyridine rings is 2. The third-order valence-electron chi connectivity index (χ3n) is 13.0. The van der Waals surface area contributed by atoms with E-state index >= 15 is 4.79 Å². The van der Waals surface area contributed by atoms with Gasteiger partial charge >= 0.3 is 0 Å². The van der Waals surface area contributed by atoms with Gasteiger partial charge in [-0.15, -0.1) is 0 Å². The van der Waals surface area contributed by atoms with Gasteiger partial charge in [0.1, 0.15) is 17.6 Å². The fourth-order valence-electron chi connectivity index (χ4n) is 9.46. The maximum absolute atomic E-state index is 15.2. The molecule has 7 rings (SSSR count). The second-order valence-electron chi connectivity index (χ2n) is 20.1. The van der Waals surface area contributed by atoms with E-state index in [2.05, 4.69) is 16.6 Å². The Hall–Kier alpha value is -4.85. The predicted molar refractivity (Wildman–Crippen MR) is 241 cm³/mol. The lowest BCUT2D eigenvalue weighted by Gasteiger charge is -2.32. The third kappa shape index (κ3) is 10.9. The van der Waals surface area contributed by atoms with Crippen LogP contribution in [0.2, 0.25) is 0 Å². The van der Waals surface area contributed by atoms with Crippen molar-refractivity contribution in [1.29, 1.82) is 0 Å². The standard InChI is InChI=1S/C49H64N4O9S/c1-29(2)61-44-18-13-32(27-50-44)41-21-33-20-36(60-8)14-17-39(33)45(51-41)62-37-23-42-43(55)26-49(47(57)52-63(58,59)38-15-16-38)24-34(49)12-10-9-11-30(3)19-31(4)40(46(56)53(42)28-37)22-35(54)25-48(5,6)7/h10,12-14,17-18,20-21,27,29-31,34,37-38,40,42H,9,11,15-16,19,22-26,28H2,1-8H3,(H,52,57)/b12-10-/t30-,31-,34-,37?,40+,42+,49-/m1/s1. The quantitative estimate of drug-likeness (QED) is 0.175. The van der Waals surface area contributed by atoms with E-state index in [1.165, 1.54) is 0 Å². The molecule has 0 radical (unpaired) electrons. The zero-order chi connectivity index (χ0) is 45.4. The van der Waals surface area contributed by atoms with E-state index in [1.54, 1.807) is 24.3 Å². The van der Waals surface area contributed by atoms with Crippen LogP contribution in [0.5, 0.6) is 17.5 Å². The number of allylic oxidation sites excluding steroid dienone is 2. The summed E-state index contributed by atoms with van der Waals surface area (Å²) in [5.41, 5.74) is -0.238. The number of carbonyl (C=O) groups excluding carboxylic acids is 4. The summed E-state index contributed by atoms with van der Waals surface area (Å²) in [4.78, 5) is 68.8. The Morgan fingerprint density at radius 1 is 1.03 bits per heavy atom. The van der Waals surface area contributed by atoms with E-state index in [1.807, 2.05) is 84.0 Å². The van der Waals surface area contributed by atoms with Crippen LogP contribution in [-0.4, -0.2) is 83.8 Å². The minimum Gasteiger partial charge on any atom is -0.497 e. The molecule has 1 saturated heterocycles. The van der Waals surface area contributed by atoms with Crippen molar-refractivity contribution in [2.45, 2.75) is 136 Å². The van der Waals surface area contributed by atoms with Crippen molar-refractivity contribution < 1.29 is 41.8 Å². The number of benzene rings is 1. The van der Waals surface area contributed by atoms with Gasteiger partial charge < -0.3 is 19.1 Å². The predicted octanol–water partition coefficient (Wildman–Crippen LogP) is 8.04. The molecule has 1 N–H and O–H groups in total. The fourth-order valence-corrected chi connectivity index (χ4v) is 10.8. The van der Waals surface area contributed by atoms with Gasteiger partial charge in [-0.05, 0) is 111 Å². The first-order chi connectivity index (χ1) is 29.7. The second kappa shape index (κ2) is 18.3. The van der Waals surface area contributed by atoms with Crippen LogP contribution in [-0.2, 0) is 29.2 Å². The lowest BCUT2D eigenvalue weighted by Crippen LogP contribution is -2.47. The molecule has 3 fully saturated rings. The number of hydrogen-bond donors (Lipinski definition) is 1. The number of aromatic nitrogens is 2. The molecule has 0 bridgehead atoms. The molecule has 2 saturated carbocycles. The number of amides is 2. The van der Waals surface area contributed by atoms with Crippen LogP contribution in [0.15, 0.2) is 54.7 Å². The van der Waals surface area contributed by atoms with Crippen molar-refractivity contribution in [2.24, 2.45) is 34.5 Å². The van der Waals surface area contributed by atoms with Crippen molar-refractivity contribution >= 4 is 44.2 Å². The van der Waals surface area contributed by atoms with Gasteiger partial charge in [-0.3, -0.25) is 23.9 Å². The molecular weight excluding hydrogens is 821 g/mol. The Morgan fingerprint density at radius 2 is 1.79 bits per heavy atom. The number of ether oxygens (including phenoxy) is 3. The minimum atomic E-state index is -3.88. The SMILES string of the molecule is COc1ccc2c(OC3C[C@H]4C(=O)C[C@]5(C(=O)NS(=O)(=O)C6CC6)C[C@H]5/C=C\CC[C@@H](C)C[C@@H](C)[C@H](CC(=O)CC(C)(C)C)C(=O)N4C3)nc(-c3ccc(OC(C)C)nc3)cc2c1. The molecule has 4 heterocycles. The van der Waals surface area contributed by atoms with Crippen molar-refractivity contribution in [1.82, 2.24) is 19.6 Å². The number of carbonyl (C=O) groups is 4. The summed E-state index contributed by atoms with van der Waals surface area (Å²) >= 11 is 0. The normalized spacial score (nSPS) is 27.5. The Bertz CT molecular complexity index is 2350. The summed E-state index contributed by atoms with van der Waals surface area (Å²) < 4.78 is 46.6. The number of hydrogen-bond acceptors (Lipinski definition) is 11. The number of ketones is 2. The summed E-state index contributed by atoms with van der Waals surface area (Å²) in [6.07, 6.45) is 8.75. The first kappa shape index (κ1) is 46.2. The van der Waals surface area contributed by atoms with E-state index in [9.17, 15) is 22.8 Å². The van der Waals surface area contributed by atoms with Gasteiger partial charge in [0.05, 0.1) is 42.2 Å². The Morgan fingerprint density at radius 3 is 2.46 bits per heavy atom. The van der Waals surface area contributed by atoms with Crippen LogP contribution >= 0.6 is 0 Å². The molecule has 0 spiro atoms. The van der Waals surface area contributed by atoms with Crippen LogP contribution < -0.4 is 18.9 Å². The molecule has 13 nitrogen and oxygen atoms in total. The first-order valence-corrected chi connectivity index (χ1v) is 24.2. The number of nitrogens with one attached hydrogen (secondary N) is 1. The summed E-state index contributed by atoms with van der Waals surface area (Å²) in [6.45, 7) is 14.1. The minimum absolute atomic E-state index is 0.00871. The van der Waals surface area contributed by atoms with E-state index in [0.717, 1.165) is 23.8 Å². The molecular formula is C49H64N4O9S. The lowest BCUT2D eigenvalue weighted by atomic mass is 9.79. The second-order valence-corrected chi connectivity index (χ2v) is 22.1. The highest BCUT2D eigenvalue weighted by molar-refractivity contribution is 7.90. The smallest absolute Gasteiger partial charge is 0.240 e. The van der Waals surface area contributed by atoms with Gasteiger partial charge in [-0.25, -0.2) is 18.4 Å². The number of methoxy groups -OCH3 is 1. The monoisotopic (exact) mass is 884 g/mol. The van der Waals surface area contributed by atoms with Gasteiger partial charge in [-0.2, -0.15) is 0 Å². The van der Waals surface area contributed by atoms with Crippen molar-refractivity contribution in [3.05, 3.63) is 54.7 Å². The number of Topliss-reactive ketones (excluding diaryl/α,β-unsaturated/α-hetero) is 2. The number of fused-ring (bicyclic) bond motifs is 3. The van der Waals surface area contributed by atoms with Crippen LogP contribution in [0.3, 0.4) is 0 Å². The molecule has 2 aromatic heterocycles. The maximum Gasteiger partial charge on any atom is 0.240 e. The Balaban J connectivity index is 1.25. The van der Waals surface area contributed by atoms with Crippen molar-refractivity contribution in [3.8, 4) is 28.8 Å². The molecule has 63 heavy (non-hydrogen) atoms. The highest BCUT2D eigenvalue weighted by Gasteiger charge is 2.61. The highest BCUT2D eigenvalue weighted by Crippen LogP contribution is 2.57. The van der Waals surface area contributed by atoms with E-state index in [-0.39, 0.29) is 72.6 Å². The maximum atomic E-state index is 15.2. The molecule has 2 aliphatic heterocycles. The van der Waals surface area contributed by atoms with Crippen LogP contribution in [0.4, 0.5) is 0 Å². The van der Waals surface area contributed by atoms with Crippen LogP contribution in [0, 0.1) is 34.5 Å². The topological polar surface area (TPSA) is 171 Å². The van der Waals surface area contributed by atoms with Gasteiger partial charge in [0.2, 0.25) is 33.6 Å². The fraction of sp³-hybridized carbons (Fsp3) is 0.592. The van der Waals surface area contributed by atoms with Crippen molar-refractivity contribution in [3.63, 3.8) is 0 Å². The molecule has 340 valence electrons. The number of sulfonamides is 1. The van der Waals surface area contributed by atoms with Crippen LogP contribution in [0.25, 0.3) is 22.0 Å². The Labute approximate surface area is 372 Å². The largest absolute Gasteiger partial charge is 0.497 e. The van der Waals surface area contributed by atoms with Gasteiger partial charge in [0.25, 0.3) is 0 Å². The third-order valence-corrected chi connectivity index (χ3v) is 14.8. The molecule has 14 heteroatoms.